The second kappa shape index (κ2) is 8.77. The highest BCUT2D eigenvalue weighted by molar-refractivity contribution is 7.92. The van der Waals surface area contributed by atoms with E-state index in [1.54, 1.807) is 36.4 Å². The van der Waals surface area contributed by atoms with E-state index in [4.69, 9.17) is 16.3 Å². The molecule has 1 N–H and O–H groups in total. The molecule has 0 aliphatic heterocycles. The Morgan fingerprint density at radius 2 is 1.77 bits per heavy atom. The Labute approximate surface area is 181 Å². The first kappa shape index (κ1) is 21.7. The van der Waals surface area contributed by atoms with Crippen LogP contribution in [-0.2, 0) is 10.0 Å². The van der Waals surface area contributed by atoms with E-state index in [1.807, 2.05) is 19.1 Å². The Morgan fingerprint density at radius 3 is 2.43 bits per heavy atom. The molecule has 0 heterocycles. The van der Waals surface area contributed by atoms with Gasteiger partial charge in [0.2, 0.25) is 0 Å². The molecule has 3 aromatic rings. The van der Waals surface area contributed by atoms with Crippen LogP contribution in [0, 0.1) is 6.92 Å². The second-order valence-corrected chi connectivity index (χ2v) is 8.97. The van der Waals surface area contributed by atoms with Gasteiger partial charge in [-0.15, -0.1) is 0 Å². The van der Waals surface area contributed by atoms with Crippen molar-refractivity contribution in [1.82, 2.24) is 0 Å². The van der Waals surface area contributed by atoms with Crippen LogP contribution in [0.3, 0.4) is 0 Å². The largest absolute Gasteiger partial charge is 0.495 e. The molecule has 1 amide bonds. The van der Waals surface area contributed by atoms with Crippen LogP contribution in [0.15, 0.2) is 71.6 Å². The van der Waals surface area contributed by atoms with Crippen LogP contribution in [-0.4, -0.2) is 28.5 Å². The van der Waals surface area contributed by atoms with Gasteiger partial charge < -0.3 is 10.1 Å². The summed E-state index contributed by atoms with van der Waals surface area (Å²) in [6, 6.07) is 17.9. The smallest absolute Gasteiger partial charge is 0.264 e. The quantitative estimate of drug-likeness (QED) is 0.596. The molecule has 0 saturated heterocycles. The summed E-state index contributed by atoms with van der Waals surface area (Å²) in [6.45, 7) is 1.84. The number of para-hydroxylation sites is 1. The van der Waals surface area contributed by atoms with Gasteiger partial charge in [0.05, 0.1) is 22.7 Å². The zero-order valence-electron chi connectivity index (χ0n) is 16.7. The average molecular weight is 445 g/mol. The van der Waals surface area contributed by atoms with E-state index in [0.717, 1.165) is 5.56 Å². The number of nitrogens with zero attached hydrogens (tertiary/aromatic N) is 1. The number of sulfonamides is 1. The van der Waals surface area contributed by atoms with Gasteiger partial charge in [-0.25, -0.2) is 8.42 Å². The molecule has 0 fully saturated rings. The number of carbonyl (C=O) groups excluding carboxylic acids is 1. The van der Waals surface area contributed by atoms with Crippen molar-refractivity contribution in [3.05, 3.63) is 82.9 Å². The van der Waals surface area contributed by atoms with E-state index < -0.39 is 15.9 Å². The third-order valence-corrected chi connectivity index (χ3v) is 6.68. The predicted molar refractivity (Wildman–Crippen MR) is 119 cm³/mol. The first-order valence-electron chi connectivity index (χ1n) is 9.03. The minimum atomic E-state index is -3.84. The van der Waals surface area contributed by atoms with E-state index in [1.165, 1.54) is 36.7 Å². The Kier molecular flexibility index (Phi) is 6.34. The first-order valence-corrected chi connectivity index (χ1v) is 10.9. The van der Waals surface area contributed by atoms with Crippen molar-refractivity contribution in [2.24, 2.45) is 0 Å². The number of amides is 1. The van der Waals surface area contributed by atoms with Crippen molar-refractivity contribution in [3.8, 4) is 5.75 Å². The van der Waals surface area contributed by atoms with Gasteiger partial charge in [0.15, 0.2) is 0 Å². The molecule has 0 atom stereocenters. The number of rotatable bonds is 6. The van der Waals surface area contributed by atoms with Crippen molar-refractivity contribution < 1.29 is 17.9 Å². The average Bonchev–Trinajstić information content (AvgIpc) is 2.74. The fourth-order valence-electron chi connectivity index (χ4n) is 2.95. The molecule has 30 heavy (non-hydrogen) atoms. The minimum Gasteiger partial charge on any atom is -0.495 e. The number of benzene rings is 3. The molecule has 3 rings (SSSR count). The lowest BCUT2D eigenvalue weighted by Crippen LogP contribution is -2.27. The molecule has 0 unspecified atom stereocenters. The highest BCUT2D eigenvalue weighted by atomic mass is 35.5. The lowest BCUT2D eigenvalue weighted by Gasteiger charge is -2.21. The van der Waals surface area contributed by atoms with Crippen LogP contribution in [0.2, 0.25) is 5.02 Å². The Morgan fingerprint density at radius 1 is 1.03 bits per heavy atom. The zero-order chi connectivity index (χ0) is 21.9. The maximum atomic E-state index is 13.1. The summed E-state index contributed by atoms with van der Waals surface area (Å²) >= 11 is 6.09. The summed E-state index contributed by atoms with van der Waals surface area (Å²) in [5, 5.41) is 3.06. The fourth-order valence-corrected chi connectivity index (χ4v) is 4.51. The van der Waals surface area contributed by atoms with E-state index in [-0.39, 0.29) is 10.5 Å². The fraction of sp³-hybridized carbons (Fsp3) is 0.136. The van der Waals surface area contributed by atoms with Gasteiger partial charge in [-0.05, 0) is 55.0 Å². The standard InChI is InChI=1S/C22H21ClN2O4S/c1-15-7-4-5-10-20(15)25(2)30(27,28)18-9-6-8-16(13-18)22(26)24-17-11-12-21(29-3)19(23)14-17/h4-14H,1-3H3,(H,24,26). The molecular formula is C22H21ClN2O4S. The number of carbonyl (C=O) groups is 1. The van der Waals surface area contributed by atoms with Crippen molar-refractivity contribution in [1.29, 1.82) is 0 Å². The molecule has 0 spiro atoms. The molecule has 3 aromatic carbocycles. The molecule has 156 valence electrons. The lowest BCUT2D eigenvalue weighted by molar-refractivity contribution is 0.102. The van der Waals surface area contributed by atoms with Crippen LogP contribution in [0.25, 0.3) is 0 Å². The third kappa shape index (κ3) is 4.42. The number of halogens is 1. The lowest BCUT2D eigenvalue weighted by atomic mass is 10.2. The van der Waals surface area contributed by atoms with Gasteiger partial charge in [-0.3, -0.25) is 9.10 Å². The van der Waals surface area contributed by atoms with Crippen molar-refractivity contribution in [3.63, 3.8) is 0 Å². The molecule has 0 aliphatic rings. The number of hydrogen-bond acceptors (Lipinski definition) is 4. The zero-order valence-corrected chi connectivity index (χ0v) is 18.3. The Hall–Kier alpha value is -3.03. The van der Waals surface area contributed by atoms with Crippen molar-refractivity contribution >= 4 is 38.9 Å². The predicted octanol–water partition coefficient (Wildman–Crippen LogP) is 4.73. The van der Waals surface area contributed by atoms with Crippen LogP contribution in [0.5, 0.6) is 5.75 Å². The van der Waals surface area contributed by atoms with Gasteiger partial charge in [0, 0.05) is 18.3 Å². The number of ether oxygens (including phenoxy) is 1. The first-order chi connectivity index (χ1) is 14.2. The molecule has 0 radical (unpaired) electrons. The minimum absolute atomic E-state index is 0.0219. The van der Waals surface area contributed by atoms with E-state index >= 15 is 0 Å². The number of anilines is 2. The van der Waals surface area contributed by atoms with Gasteiger partial charge >= 0.3 is 0 Å². The van der Waals surface area contributed by atoms with Crippen molar-refractivity contribution in [2.75, 3.05) is 23.8 Å². The molecule has 0 aliphatic carbocycles. The number of hydrogen-bond donors (Lipinski definition) is 1. The summed E-state index contributed by atoms with van der Waals surface area (Å²) in [6.07, 6.45) is 0. The van der Waals surface area contributed by atoms with E-state index in [9.17, 15) is 13.2 Å². The normalized spacial score (nSPS) is 11.1. The van der Waals surface area contributed by atoms with Gasteiger partial charge in [0.1, 0.15) is 5.75 Å². The highest BCUT2D eigenvalue weighted by Gasteiger charge is 2.23. The second-order valence-electron chi connectivity index (χ2n) is 6.59. The van der Waals surface area contributed by atoms with Crippen LogP contribution in [0.4, 0.5) is 11.4 Å². The molecule has 6 nitrogen and oxygen atoms in total. The molecule has 0 saturated carbocycles. The van der Waals surface area contributed by atoms with Crippen LogP contribution in [0.1, 0.15) is 15.9 Å². The number of nitrogens with one attached hydrogen (secondary N) is 1. The van der Waals surface area contributed by atoms with Crippen molar-refractivity contribution in [2.45, 2.75) is 11.8 Å². The van der Waals surface area contributed by atoms with Gasteiger partial charge in [0.25, 0.3) is 15.9 Å². The van der Waals surface area contributed by atoms with E-state index in [0.29, 0.717) is 22.1 Å². The van der Waals surface area contributed by atoms with Crippen LogP contribution >= 0.6 is 11.6 Å². The van der Waals surface area contributed by atoms with E-state index in [2.05, 4.69) is 5.32 Å². The monoisotopic (exact) mass is 444 g/mol. The summed E-state index contributed by atoms with van der Waals surface area (Å²) in [7, 11) is -0.854. The maximum absolute atomic E-state index is 13.1. The Balaban J connectivity index is 1.87. The summed E-state index contributed by atoms with van der Waals surface area (Å²) in [5.74, 6) is 0.0360. The summed E-state index contributed by atoms with van der Waals surface area (Å²) in [4.78, 5) is 12.7. The Bertz CT molecular complexity index is 1200. The SMILES string of the molecule is COc1ccc(NC(=O)c2cccc(S(=O)(=O)N(C)c3ccccc3C)c2)cc1Cl. The number of methoxy groups -OCH3 is 1. The molecule has 8 heteroatoms. The topological polar surface area (TPSA) is 75.7 Å². The van der Waals surface area contributed by atoms with Gasteiger partial charge in [-0.2, -0.15) is 0 Å². The van der Waals surface area contributed by atoms with Crippen LogP contribution < -0.4 is 14.4 Å². The molecule has 0 aromatic heterocycles. The third-order valence-electron chi connectivity index (χ3n) is 4.62. The summed E-state index contributed by atoms with van der Waals surface area (Å²) < 4.78 is 32.5. The maximum Gasteiger partial charge on any atom is 0.264 e. The molecule has 0 bridgehead atoms. The van der Waals surface area contributed by atoms with Gasteiger partial charge in [-0.1, -0.05) is 35.9 Å². The number of aryl methyl sites for hydroxylation is 1. The summed E-state index contributed by atoms with van der Waals surface area (Å²) in [5.41, 5.74) is 2.08. The highest BCUT2D eigenvalue weighted by Crippen LogP contribution is 2.28. The molecular weight excluding hydrogens is 424 g/mol.